The number of ether oxygens (including phenoxy) is 2. The Morgan fingerprint density at radius 3 is 2.41 bits per heavy atom. The minimum Gasteiger partial charge on any atom is -0.494 e. The monoisotopic (exact) mass is 505 g/mol. The van der Waals surface area contributed by atoms with E-state index >= 15 is 0 Å². The third kappa shape index (κ3) is 6.99. The number of aromatic nitrogens is 2. The van der Waals surface area contributed by atoms with Gasteiger partial charge in [-0.05, 0) is 44.0 Å². The molecule has 1 saturated carbocycles. The zero-order valence-electron chi connectivity index (χ0n) is 19.4. The molecule has 0 atom stereocenters. The summed E-state index contributed by atoms with van der Waals surface area (Å²) in [6.07, 6.45) is 4.57. The molecule has 2 fully saturated rings. The molecular weight excluding hydrogens is 474 g/mol. The number of carbonyl (C=O) groups excluding carboxylic acids is 2. The molecule has 1 saturated heterocycles. The molecule has 11 heteroatoms. The minimum absolute atomic E-state index is 0.0104. The van der Waals surface area contributed by atoms with Crippen LogP contribution in [0.25, 0.3) is 0 Å². The molecule has 1 aliphatic carbocycles. The Morgan fingerprint density at radius 2 is 1.74 bits per heavy atom. The lowest BCUT2D eigenvalue weighted by atomic mass is 10.2. The van der Waals surface area contributed by atoms with Crippen LogP contribution in [-0.4, -0.2) is 78.1 Å². The summed E-state index contributed by atoms with van der Waals surface area (Å²) >= 11 is 2.92. The molecule has 2 amide bonds. The van der Waals surface area contributed by atoms with Crippen molar-refractivity contribution in [2.24, 2.45) is 0 Å². The van der Waals surface area contributed by atoms with Gasteiger partial charge < -0.3 is 24.6 Å². The molecule has 4 rings (SSSR count). The van der Waals surface area contributed by atoms with E-state index in [0.29, 0.717) is 50.3 Å². The summed E-state index contributed by atoms with van der Waals surface area (Å²) in [4.78, 5) is 28.6. The van der Waals surface area contributed by atoms with Crippen molar-refractivity contribution in [2.45, 2.75) is 43.0 Å². The molecule has 184 valence electrons. The summed E-state index contributed by atoms with van der Waals surface area (Å²) in [6, 6.07) is 7.61. The van der Waals surface area contributed by atoms with E-state index in [9.17, 15) is 9.59 Å². The molecule has 34 heavy (non-hydrogen) atoms. The Morgan fingerprint density at radius 1 is 1.06 bits per heavy atom. The van der Waals surface area contributed by atoms with Crippen molar-refractivity contribution in [3.8, 4) is 11.5 Å². The summed E-state index contributed by atoms with van der Waals surface area (Å²) in [6.45, 7) is 5.15. The summed E-state index contributed by atoms with van der Waals surface area (Å²) in [7, 11) is 0. The molecule has 2 aromatic rings. The minimum atomic E-state index is -0.0321. The number of nitrogens with one attached hydrogen (secondary N) is 1. The van der Waals surface area contributed by atoms with Gasteiger partial charge in [0.05, 0.1) is 12.4 Å². The van der Waals surface area contributed by atoms with Gasteiger partial charge in [0.15, 0.2) is 10.9 Å². The maximum Gasteiger partial charge on any atom is 0.260 e. The second kappa shape index (κ2) is 12.3. The van der Waals surface area contributed by atoms with Crippen LogP contribution in [0.4, 0.5) is 5.13 Å². The lowest BCUT2D eigenvalue weighted by Crippen LogP contribution is -2.50. The second-order valence-electron chi connectivity index (χ2n) is 8.25. The lowest BCUT2D eigenvalue weighted by molar-refractivity contribution is -0.133. The van der Waals surface area contributed by atoms with Crippen LogP contribution < -0.4 is 19.7 Å². The quantitative estimate of drug-likeness (QED) is 0.493. The van der Waals surface area contributed by atoms with Crippen LogP contribution in [0.1, 0.15) is 32.6 Å². The van der Waals surface area contributed by atoms with Crippen molar-refractivity contribution in [1.82, 2.24) is 20.4 Å². The number of anilines is 1. The molecule has 0 spiro atoms. The zero-order chi connectivity index (χ0) is 23.8. The van der Waals surface area contributed by atoms with Crippen molar-refractivity contribution in [2.75, 3.05) is 50.0 Å². The highest BCUT2D eigenvalue weighted by Crippen LogP contribution is 2.29. The highest BCUT2D eigenvalue weighted by atomic mass is 32.2. The Balaban J connectivity index is 1.16. The van der Waals surface area contributed by atoms with Crippen LogP contribution in [0.15, 0.2) is 28.6 Å². The molecule has 9 nitrogen and oxygen atoms in total. The van der Waals surface area contributed by atoms with E-state index < -0.39 is 0 Å². The standard InChI is InChI=1S/C23H31N5O4S2/c1-2-31-18-7-9-19(10-8-18)32-15-21(30)27-11-13-28(14-12-27)22-25-26-23(34-22)33-16-20(29)24-17-5-3-4-6-17/h7-10,17H,2-6,11-16H2,1H3,(H,24,29). The van der Waals surface area contributed by atoms with E-state index in [-0.39, 0.29) is 18.4 Å². The molecule has 1 aromatic heterocycles. The number of carbonyl (C=O) groups is 2. The number of amides is 2. The first-order valence-corrected chi connectivity index (χ1v) is 13.5. The molecule has 2 aliphatic rings. The fourth-order valence-electron chi connectivity index (χ4n) is 4.04. The molecule has 1 N–H and O–H groups in total. The average molecular weight is 506 g/mol. The van der Waals surface area contributed by atoms with Crippen LogP contribution in [0.2, 0.25) is 0 Å². The number of rotatable bonds is 10. The molecule has 1 aliphatic heterocycles. The third-order valence-corrected chi connectivity index (χ3v) is 7.96. The van der Waals surface area contributed by atoms with E-state index in [1.54, 1.807) is 12.1 Å². The van der Waals surface area contributed by atoms with Gasteiger partial charge in [-0.25, -0.2) is 0 Å². The van der Waals surface area contributed by atoms with E-state index in [4.69, 9.17) is 9.47 Å². The molecule has 0 bridgehead atoms. The summed E-state index contributed by atoms with van der Waals surface area (Å²) in [5, 5.41) is 12.4. The van der Waals surface area contributed by atoms with E-state index in [1.807, 2.05) is 24.0 Å². The van der Waals surface area contributed by atoms with Gasteiger partial charge in [0, 0.05) is 32.2 Å². The first-order chi connectivity index (χ1) is 16.6. The normalized spacial score (nSPS) is 16.5. The maximum absolute atomic E-state index is 12.6. The second-order valence-corrected chi connectivity index (χ2v) is 10.4. The first-order valence-electron chi connectivity index (χ1n) is 11.7. The number of piperazine rings is 1. The van der Waals surface area contributed by atoms with Crippen LogP contribution in [0.3, 0.4) is 0 Å². The maximum atomic E-state index is 12.6. The van der Waals surface area contributed by atoms with Gasteiger partial charge >= 0.3 is 0 Å². The Labute approximate surface area is 208 Å². The Hall–Kier alpha value is -2.53. The number of hydrogen-bond acceptors (Lipinski definition) is 9. The van der Waals surface area contributed by atoms with Gasteiger partial charge in [-0.3, -0.25) is 9.59 Å². The molecule has 2 heterocycles. The number of hydrogen-bond donors (Lipinski definition) is 1. The molecular formula is C23H31N5O4S2. The largest absolute Gasteiger partial charge is 0.494 e. The summed E-state index contributed by atoms with van der Waals surface area (Å²) in [5.41, 5.74) is 0. The van der Waals surface area contributed by atoms with Crippen molar-refractivity contribution in [3.05, 3.63) is 24.3 Å². The number of benzene rings is 1. The average Bonchev–Trinajstić information content (AvgIpc) is 3.55. The Kier molecular flexibility index (Phi) is 8.86. The van der Waals surface area contributed by atoms with Crippen molar-refractivity contribution >= 4 is 40.0 Å². The Bertz CT molecular complexity index is 941. The molecule has 0 unspecified atom stereocenters. The molecule has 1 aromatic carbocycles. The number of nitrogens with zero attached hydrogens (tertiary/aromatic N) is 4. The molecule has 0 radical (unpaired) electrons. The van der Waals surface area contributed by atoms with Gasteiger partial charge in [0.25, 0.3) is 5.91 Å². The third-order valence-electron chi connectivity index (χ3n) is 5.84. The van der Waals surface area contributed by atoms with E-state index in [0.717, 1.165) is 28.1 Å². The zero-order valence-corrected chi connectivity index (χ0v) is 21.0. The SMILES string of the molecule is CCOc1ccc(OCC(=O)N2CCN(c3nnc(SCC(=O)NC4CCCC4)s3)CC2)cc1. The summed E-state index contributed by atoms with van der Waals surface area (Å²) < 4.78 is 11.8. The van der Waals surface area contributed by atoms with E-state index in [2.05, 4.69) is 20.4 Å². The van der Waals surface area contributed by atoms with E-state index in [1.165, 1.54) is 35.9 Å². The van der Waals surface area contributed by atoms with Crippen LogP contribution in [0.5, 0.6) is 11.5 Å². The highest BCUT2D eigenvalue weighted by Gasteiger charge is 2.24. The van der Waals surface area contributed by atoms with Crippen molar-refractivity contribution in [3.63, 3.8) is 0 Å². The van der Waals surface area contributed by atoms with Gasteiger partial charge in [-0.2, -0.15) is 0 Å². The first kappa shape index (κ1) is 24.6. The van der Waals surface area contributed by atoms with Crippen molar-refractivity contribution < 1.29 is 19.1 Å². The van der Waals surface area contributed by atoms with Crippen LogP contribution in [-0.2, 0) is 9.59 Å². The fraction of sp³-hybridized carbons (Fsp3) is 0.565. The fourth-order valence-corrected chi connectivity index (χ4v) is 5.74. The van der Waals surface area contributed by atoms with Gasteiger partial charge in [0.2, 0.25) is 11.0 Å². The summed E-state index contributed by atoms with van der Waals surface area (Å²) in [5.74, 6) is 1.82. The lowest BCUT2D eigenvalue weighted by Gasteiger charge is -2.34. The van der Waals surface area contributed by atoms with Gasteiger partial charge in [-0.15, -0.1) is 10.2 Å². The van der Waals surface area contributed by atoms with Crippen molar-refractivity contribution in [1.29, 1.82) is 0 Å². The predicted molar refractivity (Wildman–Crippen MR) is 133 cm³/mol. The highest BCUT2D eigenvalue weighted by molar-refractivity contribution is 8.01. The van der Waals surface area contributed by atoms with Gasteiger partial charge in [0.1, 0.15) is 11.5 Å². The predicted octanol–water partition coefficient (Wildman–Crippen LogP) is 2.82. The van der Waals surface area contributed by atoms with Gasteiger partial charge in [-0.1, -0.05) is 35.9 Å². The van der Waals surface area contributed by atoms with Crippen LogP contribution >= 0.6 is 23.1 Å². The van der Waals surface area contributed by atoms with Crippen LogP contribution in [0, 0.1) is 0 Å². The topological polar surface area (TPSA) is 96.9 Å². The number of thioether (sulfide) groups is 1. The smallest absolute Gasteiger partial charge is 0.260 e.